The lowest BCUT2D eigenvalue weighted by Crippen LogP contribution is -2.34. The van der Waals surface area contributed by atoms with Gasteiger partial charge in [0.1, 0.15) is 0 Å². The van der Waals surface area contributed by atoms with Gasteiger partial charge < -0.3 is 14.8 Å². The zero-order chi connectivity index (χ0) is 17.7. The van der Waals surface area contributed by atoms with E-state index in [1.54, 1.807) is 6.07 Å². The fourth-order valence-electron chi connectivity index (χ4n) is 2.36. The molecule has 1 unspecified atom stereocenters. The maximum Gasteiger partial charge on any atom is 0.387 e. The second-order valence-corrected chi connectivity index (χ2v) is 7.43. The fourth-order valence-corrected chi connectivity index (χ4v) is 4.04. The van der Waals surface area contributed by atoms with Crippen molar-refractivity contribution in [3.63, 3.8) is 0 Å². The quantitative estimate of drug-likeness (QED) is 0.779. The van der Waals surface area contributed by atoms with Crippen LogP contribution in [0.5, 0.6) is 11.5 Å². The number of alkyl halides is 2. The van der Waals surface area contributed by atoms with Crippen LogP contribution < -0.4 is 14.8 Å². The summed E-state index contributed by atoms with van der Waals surface area (Å²) in [6, 6.07) is 4.08. The van der Waals surface area contributed by atoms with Crippen LogP contribution in [0.2, 0.25) is 0 Å². The largest absolute Gasteiger partial charge is 0.493 e. The number of nitrogens with one attached hydrogen (secondary N) is 1. The normalized spacial score (nSPS) is 19.6. The summed E-state index contributed by atoms with van der Waals surface area (Å²) in [4.78, 5) is 11.9. The molecule has 1 aromatic rings. The third kappa shape index (κ3) is 4.92. The number of hydrogen-bond acceptors (Lipinski definition) is 5. The number of carbonyl (C=O) groups is 1. The number of carbonyl (C=O) groups excluding carboxylic acids is 1. The van der Waals surface area contributed by atoms with E-state index in [0.29, 0.717) is 6.42 Å². The Morgan fingerprint density at radius 3 is 2.75 bits per heavy atom. The first-order chi connectivity index (χ1) is 11.3. The summed E-state index contributed by atoms with van der Waals surface area (Å²) in [5.41, 5.74) is 0.240. The zero-order valence-corrected chi connectivity index (χ0v) is 13.7. The summed E-state index contributed by atoms with van der Waals surface area (Å²) >= 11 is 0. The minimum atomic E-state index is -3.10. The van der Waals surface area contributed by atoms with Crippen LogP contribution in [0.4, 0.5) is 8.78 Å². The van der Waals surface area contributed by atoms with Crippen molar-refractivity contribution in [1.29, 1.82) is 0 Å². The molecule has 1 aromatic carbocycles. The molecule has 0 aromatic heterocycles. The average molecular weight is 361 g/mol. The molecule has 0 radical (unpaired) electrons. The van der Waals surface area contributed by atoms with Crippen molar-refractivity contribution in [3.05, 3.63) is 29.8 Å². The highest BCUT2D eigenvalue weighted by Gasteiger charge is 2.28. The monoisotopic (exact) mass is 361 g/mol. The molecule has 1 atom stereocenters. The maximum absolute atomic E-state index is 12.5. The summed E-state index contributed by atoms with van der Waals surface area (Å²) in [5.74, 6) is -0.625. The number of methoxy groups -OCH3 is 1. The summed E-state index contributed by atoms with van der Waals surface area (Å²) in [7, 11) is -1.78. The predicted molar refractivity (Wildman–Crippen MR) is 83.9 cm³/mol. The molecule has 1 amide bonds. The van der Waals surface area contributed by atoms with Crippen LogP contribution in [0.3, 0.4) is 0 Å². The zero-order valence-electron chi connectivity index (χ0n) is 12.9. The SMILES string of the molecule is COc1cccc(/C=C/C(=O)NC2CCS(=O)(=O)C2)c1OC(F)F. The molecule has 0 saturated carbocycles. The molecule has 24 heavy (non-hydrogen) atoms. The lowest BCUT2D eigenvalue weighted by atomic mass is 10.1. The number of ether oxygens (including phenoxy) is 2. The van der Waals surface area contributed by atoms with Gasteiger partial charge in [0.2, 0.25) is 5.91 Å². The molecule has 0 bridgehead atoms. The molecule has 9 heteroatoms. The van der Waals surface area contributed by atoms with Crippen LogP contribution in [0.25, 0.3) is 6.08 Å². The first-order valence-corrected chi connectivity index (χ1v) is 8.93. The summed E-state index contributed by atoms with van der Waals surface area (Å²) in [6.45, 7) is -3.04. The van der Waals surface area contributed by atoms with Crippen LogP contribution in [-0.4, -0.2) is 45.6 Å². The minimum Gasteiger partial charge on any atom is -0.493 e. The van der Waals surface area contributed by atoms with Gasteiger partial charge in [0, 0.05) is 17.7 Å². The molecule has 1 aliphatic rings. The summed E-state index contributed by atoms with van der Waals surface area (Å²) in [6.07, 6.45) is 2.80. The van der Waals surface area contributed by atoms with Crippen molar-refractivity contribution in [3.8, 4) is 11.5 Å². The topological polar surface area (TPSA) is 81.7 Å². The van der Waals surface area contributed by atoms with Crippen molar-refractivity contribution in [2.45, 2.75) is 19.1 Å². The first-order valence-electron chi connectivity index (χ1n) is 7.11. The maximum atomic E-state index is 12.5. The van der Waals surface area contributed by atoms with Crippen molar-refractivity contribution in [1.82, 2.24) is 5.32 Å². The van der Waals surface area contributed by atoms with Gasteiger partial charge in [-0.1, -0.05) is 12.1 Å². The number of amides is 1. The number of hydrogen-bond donors (Lipinski definition) is 1. The van der Waals surface area contributed by atoms with Gasteiger partial charge in [0.05, 0.1) is 18.6 Å². The molecule has 1 saturated heterocycles. The Morgan fingerprint density at radius 1 is 1.42 bits per heavy atom. The van der Waals surface area contributed by atoms with Crippen molar-refractivity contribution in [2.24, 2.45) is 0 Å². The van der Waals surface area contributed by atoms with E-state index in [0.717, 1.165) is 6.08 Å². The van der Waals surface area contributed by atoms with E-state index in [-0.39, 0.29) is 28.6 Å². The number of para-hydroxylation sites is 1. The average Bonchev–Trinajstić information content (AvgIpc) is 2.84. The third-order valence-corrected chi connectivity index (χ3v) is 5.20. The van der Waals surface area contributed by atoms with Gasteiger partial charge in [-0.2, -0.15) is 8.78 Å². The second kappa shape index (κ2) is 7.61. The highest BCUT2D eigenvalue weighted by molar-refractivity contribution is 7.91. The molecule has 0 spiro atoms. The Hall–Kier alpha value is -2.16. The van der Waals surface area contributed by atoms with Gasteiger partial charge >= 0.3 is 6.61 Å². The van der Waals surface area contributed by atoms with Gasteiger partial charge in [0.15, 0.2) is 21.3 Å². The van der Waals surface area contributed by atoms with Gasteiger partial charge in [0.25, 0.3) is 0 Å². The van der Waals surface area contributed by atoms with Gasteiger partial charge in [-0.25, -0.2) is 8.42 Å². The molecule has 1 aliphatic heterocycles. The highest BCUT2D eigenvalue weighted by atomic mass is 32.2. The third-order valence-electron chi connectivity index (χ3n) is 3.43. The van der Waals surface area contributed by atoms with Crippen molar-refractivity contribution in [2.75, 3.05) is 18.6 Å². The van der Waals surface area contributed by atoms with Crippen LogP contribution >= 0.6 is 0 Å². The number of halogens is 2. The molecule has 1 heterocycles. The van der Waals surface area contributed by atoms with E-state index in [1.807, 2.05) is 0 Å². The van der Waals surface area contributed by atoms with Crippen LogP contribution in [0.1, 0.15) is 12.0 Å². The summed E-state index contributed by atoms with van der Waals surface area (Å²) in [5, 5.41) is 2.57. The first kappa shape index (κ1) is 18.2. The molecule has 0 aliphatic carbocycles. The fraction of sp³-hybridized carbons (Fsp3) is 0.400. The van der Waals surface area contributed by atoms with Gasteiger partial charge in [-0.3, -0.25) is 4.79 Å². The van der Waals surface area contributed by atoms with Crippen LogP contribution in [0.15, 0.2) is 24.3 Å². The predicted octanol–water partition coefficient (Wildman–Crippen LogP) is 1.61. The minimum absolute atomic E-state index is 0.0456. The highest BCUT2D eigenvalue weighted by Crippen LogP contribution is 2.33. The molecule has 6 nitrogen and oxygen atoms in total. The molecule has 2 rings (SSSR count). The molecule has 132 valence electrons. The van der Waals surface area contributed by atoms with Gasteiger partial charge in [-0.05, 0) is 18.6 Å². The van der Waals surface area contributed by atoms with E-state index in [4.69, 9.17) is 4.74 Å². The van der Waals surface area contributed by atoms with Crippen molar-refractivity contribution >= 4 is 21.8 Å². The van der Waals surface area contributed by atoms with E-state index in [2.05, 4.69) is 10.1 Å². The van der Waals surface area contributed by atoms with Crippen LogP contribution in [0, 0.1) is 0 Å². The standard InChI is InChI=1S/C15H17F2NO5S/c1-22-12-4-2-3-10(14(12)23-15(16)17)5-6-13(19)18-11-7-8-24(20,21)9-11/h2-6,11,15H,7-9H2,1H3,(H,18,19)/b6-5+. The molecule has 1 N–H and O–H groups in total. The Balaban J connectivity index is 2.09. The molecule has 1 fully saturated rings. The van der Waals surface area contributed by atoms with Crippen LogP contribution in [-0.2, 0) is 14.6 Å². The Morgan fingerprint density at radius 2 is 2.17 bits per heavy atom. The summed E-state index contributed by atoms with van der Waals surface area (Å²) < 4.78 is 57.1. The molecular formula is C15H17F2NO5S. The second-order valence-electron chi connectivity index (χ2n) is 5.20. The lowest BCUT2D eigenvalue weighted by Gasteiger charge is -2.12. The Bertz CT molecular complexity index is 733. The van der Waals surface area contributed by atoms with Gasteiger partial charge in [-0.15, -0.1) is 0 Å². The molecular weight excluding hydrogens is 344 g/mol. The van der Waals surface area contributed by atoms with E-state index in [1.165, 1.54) is 25.3 Å². The van der Waals surface area contributed by atoms with E-state index < -0.39 is 28.4 Å². The number of sulfone groups is 1. The number of rotatable bonds is 6. The Labute approximate surface area is 138 Å². The lowest BCUT2D eigenvalue weighted by molar-refractivity contribution is -0.116. The van der Waals surface area contributed by atoms with E-state index in [9.17, 15) is 22.0 Å². The van der Waals surface area contributed by atoms with E-state index >= 15 is 0 Å². The number of benzene rings is 1. The smallest absolute Gasteiger partial charge is 0.387 e. The van der Waals surface area contributed by atoms with Crippen molar-refractivity contribution < 1.29 is 31.5 Å². The Kier molecular flexibility index (Phi) is 5.76.